The molecule has 0 spiro atoms. The van der Waals surface area contributed by atoms with E-state index in [-0.39, 0.29) is 0 Å². The molecule has 0 aliphatic rings. The molecule has 108 valence electrons. The molecule has 20 heavy (non-hydrogen) atoms. The van der Waals surface area contributed by atoms with E-state index in [1.54, 1.807) is 11.3 Å². The average Bonchev–Trinajstić information content (AvgIpc) is 2.81. The van der Waals surface area contributed by atoms with Gasteiger partial charge in [-0.3, -0.25) is 0 Å². The summed E-state index contributed by atoms with van der Waals surface area (Å²) in [7, 11) is 2.08. The molecule has 0 aliphatic heterocycles. The van der Waals surface area contributed by atoms with Gasteiger partial charge in [0.1, 0.15) is 0 Å². The van der Waals surface area contributed by atoms with Crippen LogP contribution in [-0.4, -0.2) is 28.6 Å². The van der Waals surface area contributed by atoms with Crippen LogP contribution in [0.5, 0.6) is 0 Å². The Balaban J connectivity index is 1.84. The van der Waals surface area contributed by atoms with Gasteiger partial charge in [0.25, 0.3) is 0 Å². The number of thiazole rings is 1. The molecule has 0 saturated heterocycles. The normalized spacial score (nSPS) is 12.8. The minimum Gasteiger partial charge on any atom is -0.388 e. The molecule has 1 atom stereocenters. The van der Waals surface area contributed by atoms with Crippen LogP contribution in [0.15, 0.2) is 34.2 Å². The number of aromatic nitrogens is 1. The van der Waals surface area contributed by atoms with Crippen LogP contribution in [0.3, 0.4) is 0 Å². The van der Waals surface area contributed by atoms with Gasteiger partial charge in [-0.25, -0.2) is 4.98 Å². The van der Waals surface area contributed by atoms with Gasteiger partial charge in [0.2, 0.25) is 0 Å². The number of halogens is 1. The second-order valence-corrected chi connectivity index (χ2v) is 6.81. The van der Waals surface area contributed by atoms with E-state index in [0.717, 1.165) is 35.2 Å². The molecular weight excluding hydrogens is 336 g/mol. The molecule has 1 unspecified atom stereocenters. The SMILES string of the molecule is Cc1ncsc1CN(C)CCC(O)c1cccc(Br)c1. The van der Waals surface area contributed by atoms with Gasteiger partial charge in [-0.15, -0.1) is 11.3 Å². The van der Waals surface area contributed by atoms with Crippen molar-refractivity contribution in [3.63, 3.8) is 0 Å². The fourth-order valence-corrected chi connectivity index (χ4v) is 3.30. The first-order chi connectivity index (χ1) is 9.56. The van der Waals surface area contributed by atoms with Crippen LogP contribution in [-0.2, 0) is 6.54 Å². The van der Waals surface area contributed by atoms with Gasteiger partial charge in [-0.05, 0) is 38.1 Å². The Bertz CT molecular complexity index is 558. The highest BCUT2D eigenvalue weighted by atomic mass is 79.9. The second-order valence-electron chi connectivity index (χ2n) is 4.96. The molecule has 0 aliphatic carbocycles. The van der Waals surface area contributed by atoms with Crippen molar-refractivity contribution in [1.29, 1.82) is 0 Å². The summed E-state index contributed by atoms with van der Waals surface area (Å²) < 4.78 is 1.00. The number of hydrogen-bond donors (Lipinski definition) is 1. The average molecular weight is 355 g/mol. The van der Waals surface area contributed by atoms with Gasteiger partial charge in [0, 0.05) is 22.4 Å². The van der Waals surface area contributed by atoms with Crippen molar-refractivity contribution in [2.24, 2.45) is 0 Å². The van der Waals surface area contributed by atoms with Crippen LogP contribution in [0.4, 0.5) is 0 Å². The third-order valence-electron chi connectivity index (χ3n) is 3.28. The minimum absolute atomic E-state index is 0.419. The molecule has 0 saturated carbocycles. The molecule has 2 aromatic rings. The topological polar surface area (TPSA) is 36.4 Å². The molecule has 2 rings (SSSR count). The fourth-order valence-electron chi connectivity index (χ4n) is 2.03. The molecule has 0 fully saturated rings. The first-order valence-corrected chi connectivity index (χ1v) is 8.24. The van der Waals surface area contributed by atoms with Crippen LogP contribution in [0.1, 0.15) is 28.7 Å². The fraction of sp³-hybridized carbons (Fsp3) is 0.400. The maximum absolute atomic E-state index is 10.2. The molecule has 1 heterocycles. The zero-order valence-electron chi connectivity index (χ0n) is 11.7. The highest BCUT2D eigenvalue weighted by molar-refractivity contribution is 9.10. The third-order valence-corrected chi connectivity index (χ3v) is 4.69. The summed E-state index contributed by atoms with van der Waals surface area (Å²) in [5.41, 5.74) is 3.95. The maximum atomic E-state index is 10.2. The molecule has 3 nitrogen and oxygen atoms in total. The number of rotatable bonds is 6. The van der Waals surface area contributed by atoms with E-state index < -0.39 is 6.10 Å². The van der Waals surface area contributed by atoms with Gasteiger partial charge in [-0.1, -0.05) is 28.1 Å². The zero-order valence-corrected chi connectivity index (χ0v) is 14.1. The largest absolute Gasteiger partial charge is 0.388 e. The number of nitrogens with zero attached hydrogens (tertiary/aromatic N) is 2. The lowest BCUT2D eigenvalue weighted by Crippen LogP contribution is -2.20. The lowest BCUT2D eigenvalue weighted by atomic mass is 10.1. The molecule has 0 radical (unpaired) electrons. The van der Waals surface area contributed by atoms with Crippen LogP contribution in [0.25, 0.3) is 0 Å². The van der Waals surface area contributed by atoms with Gasteiger partial charge in [0.05, 0.1) is 17.3 Å². The molecule has 1 aromatic heterocycles. The van der Waals surface area contributed by atoms with Gasteiger partial charge in [-0.2, -0.15) is 0 Å². The summed E-state index contributed by atoms with van der Waals surface area (Å²) in [6.45, 7) is 3.78. The van der Waals surface area contributed by atoms with Gasteiger partial charge >= 0.3 is 0 Å². The molecule has 1 aromatic carbocycles. The Morgan fingerprint density at radius 2 is 2.25 bits per heavy atom. The molecule has 5 heteroatoms. The summed E-state index contributed by atoms with van der Waals surface area (Å²) in [5, 5.41) is 10.2. The summed E-state index contributed by atoms with van der Waals surface area (Å²) in [5.74, 6) is 0. The van der Waals surface area contributed by atoms with Crippen molar-refractivity contribution in [2.45, 2.75) is 26.0 Å². The third kappa shape index (κ3) is 4.38. The molecular formula is C15H19BrN2OS. The van der Waals surface area contributed by atoms with E-state index in [2.05, 4.69) is 32.9 Å². The summed E-state index contributed by atoms with van der Waals surface area (Å²) in [4.78, 5) is 7.78. The highest BCUT2D eigenvalue weighted by Gasteiger charge is 2.11. The molecule has 1 N–H and O–H groups in total. The Hall–Kier alpha value is -0.750. The Kier molecular flexibility index (Phi) is 5.72. The number of aryl methyl sites for hydroxylation is 1. The van der Waals surface area contributed by atoms with Crippen molar-refractivity contribution < 1.29 is 5.11 Å². The van der Waals surface area contributed by atoms with Gasteiger partial charge in [0.15, 0.2) is 0 Å². The smallest absolute Gasteiger partial charge is 0.0802 e. The van der Waals surface area contributed by atoms with Crippen molar-refractivity contribution in [3.05, 3.63) is 50.4 Å². The predicted molar refractivity (Wildman–Crippen MR) is 86.9 cm³/mol. The Morgan fingerprint density at radius 3 is 2.90 bits per heavy atom. The predicted octanol–water partition coefficient (Wildman–Crippen LogP) is 3.77. The van der Waals surface area contributed by atoms with Crippen molar-refractivity contribution in [3.8, 4) is 0 Å². The van der Waals surface area contributed by atoms with Crippen LogP contribution < -0.4 is 0 Å². The van der Waals surface area contributed by atoms with Crippen molar-refractivity contribution >= 4 is 27.3 Å². The second kappa shape index (κ2) is 7.31. The van der Waals surface area contributed by atoms with E-state index in [9.17, 15) is 5.11 Å². The van der Waals surface area contributed by atoms with E-state index >= 15 is 0 Å². The highest BCUT2D eigenvalue weighted by Crippen LogP contribution is 2.21. The quantitative estimate of drug-likeness (QED) is 0.857. The first-order valence-electron chi connectivity index (χ1n) is 6.57. The van der Waals surface area contributed by atoms with Crippen molar-refractivity contribution in [2.75, 3.05) is 13.6 Å². The Labute approximate surface area is 132 Å². The lowest BCUT2D eigenvalue weighted by molar-refractivity contribution is 0.148. The molecule has 0 bridgehead atoms. The summed E-state index contributed by atoms with van der Waals surface area (Å²) in [6.07, 6.45) is 0.308. The first kappa shape index (κ1) is 15.6. The maximum Gasteiger partial charge on any atom is 0.0802 e. The monoisotopic (exact) mass is 354 g/mol. The van der Waals surface area contributed by atoms with Gasteiger partial charge < -0.3 is 10.0 Å². The van der Waals surface area contributed by atoms with Crippen LogP contribution >= 0.6 is 27.3 Å². The number of aliphatic hydroxyl groups is 1. The van der Waals surface area contributed by atoms with Crippen molar-refractivity contribution in [1.82, 2.24) is 9.88 Å². The van der Waals surface area contributed by atoms with E-state index in [0.29, 0.717) is 0 Å². The van der Waals surface area contributed by atoms with E-state index in [1.807, 2.05) is 36.7 Å². The summed E-state index contributed by atoms with van der Waals surface area (Å²) in [6, 6.07) is 7.85. The molecule has 0 amide bonds. The number of hydrogen-bond acceptors (Lipinski definition) is 4. The van der Waals surface area contributed by atoms with E-state index in [1.165, 1.54) is 4.88 Å². The number of benzene rings is 1. The minimum atomic E-state index is -0.419. The van der Waals surface area contributed by atoms with E-state index in [4.69, 9.17) is 0 Å². The Morgan fingerprint density at radius 1 is 1.45 bits per heavy atom. The lowest BCUT2D eigenvalue weighted by Gasteiger charge is -2.18. The standard InChI is InChI=1S/C15H19BrN2OS/c1-11-15(20-10-17-11)9-18(2)7-6-14(19)12-4-3-5-13(16)8-12/h3-5,8,10,14,19H,6-7,9H2,1-2H3. The van der Waals surface area contributed by atoms with Crippen LogP contribution in [0, 0.1) is 6.92 Å². The van der Waals surface area contributed by atoms with Crippen LogP contribution in [0.2, 0.25) is 0 Å². The number of aliphatic hydroxyl groups excluding tert-OH is 1. The zero-order chi connectivity index (χ0) is 14.5. The summed E-state index contributed by atoms with van der Waals surface area (Å²) >= 11 is 5.12.